The minimum absolute atomic E-state index is 0.105. The van der Waals surface area contributed by atoms with Crippen LogP contribution >= 0.6 is 0 Å². The highest BCUT2D eigenvalue weighted by molar-refractivity contribution is 5.32. The predicted octanol–water partition coefficient (Wildman–Crippen LogP) is 4.31. The number of hydrogen-bond donors (Lipinski definition) is 1. The largest absolute Gasteiger partial charge is 0.494 e. The third-order valence-corrected chi connectivity index (χ3v) is 3.56. The maximum absolute atomic E-state index is 10.7. The fraction of sp³-hybridized carbons (Fsp3) is 0.333. The first-order chi connectivity index (χ1) is 9.76. The monoisotopic (exact) mass is 270 g/mol. The summed E-state index contributed by atoms with van der Waals surface area (Å²) in [4.78, 5) is 0. The Morgan fingerprint density at radius 2 is 1.65 bits per heavy atom. The molecule has 0 aliphatic heterocycles. The molecule has 0 bridgehead atoms. The van der Waals surface area contributed by atoms with Gasteiger partial charge in [0.2, 0.25) is 0 Å². The third-order valence-electron chi connectivity index (χ3n) is 3.56. The quantitative estimate of drug-likeness (QED) is 0.847. The van der Waals surface area contributed by atoms with Crippen LogP contribution in [0.3, 0.4) is 0 Å². The van der Waals surface area contributed by atoms with Crippen LogP contribution in [0.15, 0.2) is 54.6 Å². The lowest BCUT2D eigenvalue weighted by Crippen LogP contribution is -2.10. The molecule has 1 N–H and O–H groups in total. The van der Waals surface area contributed by atoms with Crippen molar-refractivity contribution in [3.05, 3.63) is 65.7 Å². The molecule has 0 radical (unpaired) electrons. The van der Waals surface area contributed by atoms with Gasteiger partial charge in [-0.15, -0.1) is 0 Å². The highest BCUT2D eigenvalue weighted by atomic mass is 16.5. The Hall–Kier alpha value is -1.80. The van der Waals surface area contributed by atoms with Gasteiger partial charge in [0.05, 0.1) is 12.7 Å². The standard InChI is InChI=1S/C18H22O2/c1-3-17(14-9-6-5-7-10-14)18(19)15-11-8-12-16(13-15)20-4-2/h5-13,17-19H,3-4H2,1-2H3. The van der Waals surface area contributed by atoms with Crippen LogP contribution in [0.2, 0.25) is 0 Å². The van der Waals surface area contributed by atoms with Gasteiger partial charge in [-0.05, 0) is 36.6 Å². The Kier molecular flexibility index (Phi) is 5.19. The van der Waals surface area contributed by atoms with E-state index in [9.17, 15) is 5.11 Å². The SMILES string of the molecule is CCOc1cccc(C(O)C(CC)c2ccccc2)c1. The van der Waals surface area contributed by atoms with Crippen LogP contribution in [-0.4, -0.2) is 11.7 Å². The van der Waals surface area contributed by atoms with Crippen molar-refractivity contribution >= 4 is 0 Å². The molecule has 2 nitrogen and oxygen atoms in total. The number of benzene rings is 2. The van der Waals surface area contributed by atoms with E-state index in [-0.39, 0.29) is 5.92 Å². The van der Waals surface area contributed by atoms with E-state index in [2.05, 4.69) is 19.1 Å². The molecule has 0 saturated heterocycles. The fourth-order valence-electron chi connectivity index (χ4n) is 2.53. The van der Waals surface area contributed by atoms with Crippen molar-refractivity contribution in [3.8, 4) is 5.75 Å². The molecule has 2 aromatic rings. The van der Waals surface area contributed by atoms with Crippen molar-refractivity contribution in [3.63, 3.8) is 0 Å². The Morgan fingerprint density at radius 3 is 2.30 bits per heavy atom. The number of aliphatic hydroxyl groups is 1. The Balaban J connectivity index is 2.24. The van der Waals surface area contributed by atoms with Crippen LogP contribution in [0.1, 0.15) is 43.4 Å². The highest BCUT2D eigenvalue weighted by Crippen LogP contribution is 2.34. The summed E-state index contributed by atoms with van der Waals surface area (Å²) in [5.74, 6) is 0.917. The summed E-state index contributed by atoms with van der Waals surface area (Å²) in [7, 11) is 0. The van der Waals surface area contributed by atoms with Crippen molar-refractivity contribution in [2.45, 2.75) is 32.3 Å². The molecule has 0 fully saturated rings. The molecule has 20 heavy (non-hydrogen) atoms. The summed E-state index contributed by atoms with van der Waals surface area (Å²) in [6.45, 7) is 4.70. The highest BCUT2D eigenvalue weighted by Gasteiger charge is 2.21. The molecule has 0 aliphatic rings. The van der Waals surface area contributed by atoms with Crippen LogP contribution in [0.4, 0.5) is 0 Å². The van der Waals surface area contributed by atoms with Crippen LogP contribution in [0.25, 0.3) is 0 Å². The Morgan fingerprint density at radius 1 is 0.950 bits per heavy atom. The lowest BCUT2D eigenvalue weighted by atomic mass is 9.87. The second-order valence-electron chi connectivity index (χ2n) is 4.88. The van der Waals surface area contributed by atoms with E-state index in [0.29, 0.717) is 6.61 Å². The van der Waals surface area contributed by atoms with E-state index in [1.54, 1.807) is 0 Å². The first-order valence-corrected chi connectivity index (χ1v) is 7.22. The fourth-order valence-corrected chi connectivity index (χ4v) is 2.53. The van der Waals surface area contributed by atoms with Crippen molar-refractivity contribution in [2.75, 3.05) is 6.61 Å². The summed E-state index contributed by atoms with van der Waals surface area (Å²) in [6.07, 6.45) is 0.382. The topological polar surface area (TPSA) is 29.5 Å². The minimum Gasteiger partial charge on any atom is -0.494 e. The van der Waals surface area contributed by atoms with E-state index in [1.807, 2.05) is 49.4 Å². The zero-order chi connectivity index (χ0) is 14.4. The van der Waals surface area contributed by atoms with Crippen molar-refractivity contribution in [2.24, 2.45) is 0 Å². The normalized spacial score (nSPS) is 13.8. The van der Waals surface area contributed by atoms with Gasteiger partial charge in [-0.1, -0.05) is 49.4 Å². The van der Waals surface area contributed by atoms with E-state index in [1.165, 1.54) is 5.56 Å². The molecule has 0 aliphatic carbocycles. The summed E-state index contributed by atoms with van der Waals surface area (Å²) in [6, 6.07) is 17.9. The van der Waals surface area contributed by atoms with Gasteiger partial charge in [0.15, 0.2) is 0 Å². The molecule has 2 atom stereocenters. The molecule has 0 spiro atoms. The molecular weight excluding hydrogens is 248 g/mol. The number of ether oxygens (including phenoxy) is 1. The van der Waals surface area contributed by atoms with E-state index < -0.39 is 6.10 Å². The molecule has 2 aromatic carbocycles. The van der Waals surface area contributed by atoms with Crippen molar-refractivity contribution in [1.82, 2.24) is 0 Å². The average Bonchev–Trinajstić information content (AvgIpc) is 2.50. The molecule has 2 unspecified atom stereocenters. The number of aliphatic hydroxyl groups excluding tert-OH is 1. The van der Waals surface area contributed by atoms with Gasteiger partial charge in [-0.25, -0.2) is 0 Å². The van der Waals surface area contributed by atoms with Crippen molar-refractivity contribution < 1.29 is 9.84 Å². The van der Waals surface area contributed by atoms with Gasteiger partial charge in [0.1, 0.15) is 5.75 Å². The maximum Gasteiger partial charge on any atom is 0.119 e. The predicted molar refractivity (Wildman–Crippen MR) is 82.0 cm³/mol. The molecule has 0 amide bonds. The second-order valence-corrected chi connectivity index (χ2v) is 4.88. The van der Waals surface area contributed by atoms with E-state index in [0.717, 1.165) is 17.7 Å². The first kappa shape index (κ1) is 14.6. The van der Waals surface area contributed by atoms with Crippen LogP contribution in [0, 0.1) is 0 Å². The van der Waals surface area contributed by atoms with Gasteiger partial charge in [0, 0.05) is 5.92 Å². The minimum atomic E-state index is -0.511. The van der Waals surface area contributed by atoms with Gasteiger partial charge >= 0.3 is 0 Å². The van der Waals surface area contributed by atoms with Gasteiger partial charge in [-0.3, -0.25) is 0 Å². The lowest BCUT2D eigenvalue weighted by Gasteiger charge is -2.23. The summed E-state index contributed by atoms with van der Waals surface area (Å²) < 4.78 is 5.50. The molecule has 0 heterocycles. The van der Waals surface area contributed by atoms with Gasteiger partial charge in [-0.2, -0.15) is 0 Å². The van der Waals surface area contributed by atoms with Gasteiger partial charge in [0.25, 0.3) is 0 Å². The van der Waals surface area contributed by atoms with Gasteiger partial charge < -0.3 is 9.84 Å². The maximum atomic E-state index is 10.7. The molecule has 0 aromatic heterocycles. The molecule has 106 valence electrons. The zero-order valence-corrected chi connectivity index (χ0v) is 12.1. The smallest absolute Gasteiger partial charge is 0.119 e. The average molecular weight is 270 g/mol. The number of hydrogen-bond acceptors (Lipinski definition) is 2. The molecule has 2 heteroatoms. The van der Waals surface area contributed by atoms with Crippen molar-refractivity contribution in [1.29, 1.82) is 0 Å². The number of rotatable bonds is 6. The first-order valence-electron chi connectivity index (χ1n) is 7.22. The molecule has 2 rings (SSSR count). The van der Waals surface area contributed by atoms with Crippen LogP contribution in [0.5, 0.6) is 5.75 Å². The Labute approximate surface area is 121 Å². The third kappa shape index (κ3) is 3.40. The Bertz CT molecular complexity index is 522. The van der Waals surface area contributed by atoms with E-state index >= 15 is 0 Å². The van der Waals surface area contributed by atoms with E-state index in [4.69, 9.17) is 4.74 Å². The molecule has 0 saturated carbocycles. The lowest BCUT2D eigenvalue weighted by molar-refractivity contribution is 0.142. The zero-order valence-electron chi connectivity index (χ0n) is 12.1. The molecular formula is C18H22O2. The summed E-state index contributed by atoms with van der Waals surface area (Å²) in [5.41, 5.74) is 2.08. The summed E-state index contributed by atoms with van der Waals surface area (Å²) in [5, 5.41) is 10.7. The van der Waals surface area contributed by atoms with Crippen LogP contribution in [-0.2, 0) is 0 Å². The second kappa shape index (κ2) is 7.11. The van der Waals surface area contributed by atoms with Crippen LogP contribution < -0.4 is 4.74 Å². The summed E-state index contributed by atoms with van der Waals surface area (Å²) >= 11 is 0.